The molecule has 2 heterocycles. The largest absolute Gasteiger partial charge is 0.384 e. The number of anilines is 2. The summed E-state index contributed by atoms with van der Waals surface area (Å²) in [6, 6.07) is 8.07. The Kier molecular flexibility index (Phi) is 1.86. The Balaban J connectivity index is 2.41. The summed E-state index contributed by atoms with van der Waals surface area (Å²) in [5.74, 6) is 0.573. The second kappa shape index (κ2) is 3.23. The van der Waals surface area contributed by atoms with Crippen LogP contribution in [0.4, 0.5) is 11.5 Å². The summed E-state index contributed by atoms with van der Waals surface area (Å²) in [7, 11) is 2.08. The van der Waals surface area contributed by atoms with Crippen LogP contribution in [-0.2, 0) is 0 Å². The first-order chi connectivity index (χ1) is 7.75. The third-order valence-corrected chi connectivity index (χ3v) is 2.95. The van der Waals surface area contributed by atoms with Crippen LogP contribution in [0.3, 0.4) is 0 Å². The Morgan fingerprint density at radius 2 is 2.06 bits per heavy atom. The average molecular weight is 211 g/mol. The normalized spacial score (nSPS) is 14.2. The maximum Gasteiger partial charge on any atom is 0.124 e. The first-order valence-electron chi connectivity index (χ1n) is 5.32. The van der Waals surface area contributed by atoms with Gasteiger partial charge in [0.15, 0.2) is 0 Å². The molecule has 3 heteroatoms. The fourth-order valence-electron chi connectivity index (χ4n) is 2.17. The smallest absolute Gasteiger partial charge is 0.124 e. The summed E-state index contributed by atoms with van der Waals surface area (Å²) in [5, 5.41) is 1.13. The van der Waals surface area contributed by atoms with Crippen LogP contribution < -0.4 is 10.6 Å². The highest BCUT2D eigenvalue weighted by Crippen LogP contribution is 2.32. The van der Waals surface area contributed by atoms with E-state index in [0.717, 1.165) is 17.4 Å². The molecule has 2 aromatic rings. The lowest BCUT2D eigenvalue weighted by atomic mass is 10.0. The maximum atomic E-state index is 5.75. The number of pyridine rings is 1. The zero-order valence-corrected chi connectivity index (χ0v) is 9.14. The fraction of sp³-hybridized carbons (Fsp3) is 0.154. The van der Waals surface area contributed by atoms with Crippen molar-refractivity contribution < 1.29 is 0 Å². The van der Waals surface area contributed by atoms with Crippen molar-refractivity contribution in [3.63, 3.8) is 0 Å². The first kappa shape index (κ1) is 9.21. The number of hydrogen-bond donors (Lipinski definition) is 1. The van der Waals surface area contributed by atoms with Gasteiger partial charge in [0.05, 0.1) is 11.2 Å². The molecule has 1 aromatic heterocycles. The number of nitrogens with two attached hydrogens (primary N) is 1. The summed E-state index contributed by atoms with van der Waals surface area (Å²) < 4.78 is 0. The first-order valence-corrected chi connectivity index (χ1v) is 5.32. The van der Waals surface area contributed by atoms with Gasteiger partial charge in [0.2, 0.25) is 0 Å². The monoisotopic (exact) mass is 211 g/mol. The van der Waals surface area contributed by atoms with E-state index in [1.807, 2.05) is 12.1 Å². The maximum absolute atomic E-state index is 5.75. The van der Waals surface area contributed by atoms with Gasteiger partial charge in [-0.2, -0.15) is 0 Å². The Hall–Kier alpha value is -2.03. The highest BCUT2D eigenvalue weighted by Gasteiger charge is 2.14. The number of benzene rings is 1. The van der Waals surface area contributed by atoms with Gasteiger partial charge >= 0.3 is 0 Å². The zero-order chi connectivity index (χ0) is 11.1. The molecular weight excluding hydrogens is 198 g/mol. The lowest BCUT2D eigenvalue weighted by Crippen LogP contribution is -2.20. The van der Waals surface area contributed by atoms with E-state index in [-0.39, 0.29) is 0 Å². The number of nitrogen functional groups attached to an aromatic ring is 1. The summed E-state index contributed by atoms with van der Waals surface area (Å²) in [6.45, 7) is 0.919. The zero-order valence-electron chi connectivity index (χ0n) is 9.14. The molecule has 1 aromatic carbocycles. The summed E-state index contributed by atoms with van der Waals surface area (Å²) >= 11 is 0. The molecule has 0 radical (unpaired) electrons. The number of likely N-dealkylation sites (N-methyl/N-ethyl adjacent to an activating group) is 1. The highest BCUT2D eigenvalue weighted by atomic mass is 15.1. The molecule has 2 N–H and O–H groups in total. The Morgan fingerprint density at radius 1 is 1.25 bits per heavy atom. The lowest BCUT2D eigenvalue weighted by Gasteiger charge is -2.24. The quantitative estimate of drug-likeness (QED) is 0.727. The molecule has 0 bridgehead atoms. The molecule has 3 nitrogen and oxygen atoms in total. The second-order valence-electron chi connectivity index (χ2n) is 4.09. The standard InChI is InChI=1S/C13H13N3/c1-16-8-2-3-10-5-4-9-6-7-11(14)15-12(9)13(10)16/h2-7H,8H2,1H3,(H2,14,15). The van der Waals surface area contributed by atoms with Gasteiger partial charge in [0.1, 0.15) is 5.82 Å². The van der Waals surface area contributed by atoms with Gasteiger partial charge in [0.25, 0.3) is 0 Å². The average Bonchev–Trinajstić information content (AvgIpc) is 2.28. The molecular formula is C13H13N3. The van der Waals surface area contributed by atoms with Crippen molar-refractivity contribution in [3.05, 3.63) is 35.9 Å². The molecule has 3 rings (SSSR count). The predicted molar refractivity (Wildman–Crippen MR) is 68.5 cm³/mol. The number of rotatable bonds is 0. The Labute approximate surface area is 94.2 Å². The van der Waals surface area contributed by atoms with E-state index in [4.69, 9.17) is 5.73 Å². The summed E-state index contributed by atoms with van der Waals surface area (Å²) in [6.07, 6.45) is 4.29. The Bertz CT molecular complexity index is 587. The van der Waals surface area contributed by atoms with Crippen molar-refractivity contribution in [1.82, 2.24) is 4.98 Å². The van der Waals surface area contributed by atoms with Gasteiger partial charge in [-0.1, -0.05) is 24.3 Å². The van der Waals surface area contributed by atoms with E-state index in [1.165, 1.54) is 11.3 Å². The van der Waals surface area contributed by atoms with Crippen LogP contribution in [0, 0.1) is 0 Å². The number of fused-ring (bicyclic) bond motifs is 3. The van der Waals surface area contributed by atoms with Crippen molar-refractivity contribution in [2.45, 2.75) is 0 Å². The molecule has 0 unspecified atom stereocenters. The minimum absolute atomic E-state index is 0.573. The van der Waals surface area contributed by atoms with E-state index < -0.39 is 0 Å². The molecule has 1 aliphatic rings. The van der Waals surface area contributed by atoms with Gasteiger partial charge in [-0.3, -0.25) is 0 Å². The minimum atomic E-state index is 0.573. The molecule has 1 aliphatic heterocycles. The third-order valence-electron chi connectivity index (χ3n) is 2.95. The van der Waals surface area contributed by atoms with E-state index >= 15 is 0 Å². The van der Waals surface area contributed by atoms with Crippen LogP contribution in [0.25, 0.3) is 17.0 Å². The molecule has 80 valence electrons. The minimum Gasteiger partial charge on any atom is -0.384 e. The molecule has 0 amide bonds. The topological polar surface area (TPSA) is 42.1 Å². The molecule has 0 saturated carbocycles. The second-order valence-corrected chi connectivity index (χ2v) is 4.09. The van der Waals surface area contributed by atoms with Crippen molar-refractivity contribution in [2.24, 2.45) is 0 Å². The fourth-order valence-corrected chi connectivity index (χ4v) is 2.17. The van der Waals surface area contributed by atoms with Gasteiger partial charge in [-0.25, -0.2) is 4.98 Å². The lowest BCUT2D eigenvalue weighted by molar-refractivity contribution is 1.02. The van der Waals surface area contributed by atoms with Crippen LogP contribution in [0.2, 0.25) is 0 Å². The summed E-state index contributed by atoms with van der Waals surface area (Å²) in [4.78, 5) is 6.64. The van der Waals surface area contributed by atoms with E-state index in [2.05, 4.69) is 41.2 Å². The summed E-state index contributed by atoms with van der Waals surface area (Å²) in [5.41, 5.74) is 9.13. The van der Waals surface area contributed by atoms with Crippen LogP contribution in [-0.4, -0.2) is 18.6 Å². The van der Waals surface area contributed by atoms with Crippen molar-refractivity contribution in [2.75, 3.05) is 24.2 Å². The molecule has 16 heavy (non-hydrogen) atoms. The SMILES string of the molecule is CN1CC=Cc2ccc3ccc(N)nc3c21. The molecule has 0 atom stereocenters. The van der Waals surface area contributed by atoms with Crippen molar-refractivity contribution >= 4 is 28.5 Å². The molecule has 0 spiro atoms. The van der Waals surface area contributed by atoms with Gasteiger partial charge in [-0.15, -0.1) is 0 Å². The van der Waals surface area contributed by atoms with E-state index in [1.54, 1.807) is 0 Å². The van der Waals surface area contributed by atoms with Crippen molar-refractivity contribution in [1.29, 1.82) is 0 Å². The van der Waals surface area contributed by atoms with Gasteiger partial charge in [0, 0.05) is 19.0 Å². The van der Waals surface area contributed by atoms with E-state index in [9.17, 15) is 0 Å². The number of aromatic nitrogens is 1. The van der Waals surface area contributed by atoms with Gasteiger partial charge < -0.3 is 10.6 Å². The van der Waals surface area contributed by atoms with Crippen LogP contribution in [0.5, 0.6) is 0 Å². The highest BCUT2D eigenvalue weighted by molar-refractivity contribution is 5.97. The Morgan fingerprint density at radius 3 is 2.94 bits per heavy atom. The third kappa shape index (κ3) is 1.25. The molecule has 0 aliphatic carbocycles. The van der Waals surface area contributed by atoms with Crippen LogP contribution >= 0.6 is 0 Å². The van der Waals surface area contributed by atoms with Crippen LogP contribution in [0.1, 0.15) is 5.56 Å². The number of nitrogens with zero attached hydrogens (tertiary/aromatic N) is 2. The van der Waals surface area contributed by atoms with Gasteiger partial charge in [-0.05, 0) is 17.7 Å². The van der Waals surface area contributed by atoms with E-state index in [0.29, 0.717) is 5.82 Å². The number of hydrogen-bond acceptors (Lipinski definition) is 3. The van der Waals surface area contributed by atoms with Crippen LogP contribution in [0.15, 0.2) is 30.3 Å². The molecule has 0 fully saturated rings. The predicted octanol–water partition coefficient (Wildman–Crippen LogP) is 2.28. The van der Waals surface area contributed by atoms with Crippen molar-refractivity contribution in [3.8, 4) is 0 Å². The molecule has 0 saturated heterocycles.